The number of nitriles is 1. The van der Waals surface area contributed by atoms with Crippen molar-refractivity contribution in [2.24, 2.45) is 0 Å². The van der Waals surface area contributed by atoms with Gasteiger partial charge in [-0.25, -0.2) is 0 Å². The molecule has 14 heavy (non-hydrogen) atoms. The van der Waals surface area contributed by atoms with E-state index in [1.165, 1.54) is 32.1 Å². The number of hydrogen-bond acceptors (Lipinski definition) is 2. The van der Waals surface area contributed by atoms with Crippen molar-refractivity contribution in [2.45, 2.75) is 64.8 Å². The van der Waals surface area contributed by atoms with E-state index < -0.39 is 0 Å². The minimum absolute atomic E-state index is 0.408. The molecule has 0 saturated heterocycles. The maximum absolute atomic E-state index is 8.55. The third-order valence-corrected chi connectivity index (χ3v) is 2.54. The van der Waals surface area contributed by atoms with Crippen molar-refractivity contribution in [3.8, 4) is 6.07 Å². The molecule has 2 heteroatoms. The second kappa shape index (κ2) is 10.5. The largest absolute Gasteiger partial charge is 0.313 e. The maximum Gasteiger partial charge on any atom is 0.0638 e. The van der Waals surface area contributed by atoms with Crippen LogP contribution in [0.4, 0.5) is 0 Å². The summed E-state index contributed by atoms with van der Waals surface area (Å²) in [5.41, 5.74) is 0. The number of rotatable bonds is 9. The van der Waals surface area contributed by atoms with E-state index in [0.717, 1.165) is 13.0 Å². The van der Waals surface area contributed by atoms with Crippen LogP contribution in [0.25, 0.3) is 0 Å². The number of hydrogen-bond donors (Lipinski definition) is 1. The van der Waals surface area contributed by atoms with Crippen LogP contribution in [0.2, 0.25) is 0 Å². The van der Waals surface area contributed by atoms with Gasteiger partial charge in [0.15, 0.2) is 0 Å². The third-order valence-electron chi connectivity index (χ3n) is 2.54. The monoisotopic (exact) mass is 196 g/mol. The summed E-state index contributed by atoms with van der Waals surface area (Å²) in [6.07, 6.45) is 8.29. The van der Waals surface area contributed by atoms with Crippen LogP contribution in [-0.2, 0) is 0 Å². The summed E-state index contributed by atoms with van der Waals surface area (Å²) in [7, 11) is 0. The molecule has 1 unspecified atom stereocenters. The second-order valence-electron chi connectivity index (χ2n) is 3.84. The van der Waals surface area contributed by atoms with Crippen molar-refractivity contribution >= 4 is 0 Å². The summed E-state index contributed by atoms with van der Waals surface area (Å²) in [5.74, 6) is 0. The molecule has 0 aliphatic rings. The molecular weight excluding hydrogens is 172 g/mol. The van der Waals surface area contributed by atoms with Crippen molar-refractivity contribution < 1.29 is 0 Å². The molecule has 0 fully saturated rings. The first-order valence-corrected chi connectivity index (χ1v) is 5.95. The minimum atomic E-state index is 0.408. The number of nitrogens with one attached hydrogen (secondary N) is 1. The van der Waals surface area contributed by atoms with Gasteiger partial charge >= 0.3 is 0 Å². The third kappa shape index (κ3) is 8.07. The van der Waals surface area contributed by atoms with Crippen LogP contribution < -0.4 is 5.32 Å². The molecule has 82 valence electrons. The molecule has 0 aliphatic heterocycles. The lowest BCUT2D eigenvalue weighted by molar-refractivity contribution is 0.485. The zero-order valence-corrected chi connectivity index (χ0v) is 9.68. The van der Waals surface area contributed by atoms with Crippen LogP contribution in [0, 0.1) is 11.3 Å². The molecule has 1 atom stereocenters. The Bertz CT molecular complexity index is 149. The van der Waals surface area contributed by atoms with Crippen LogP contribution in [-0.4, -0.2) is 12.6 Å². The minimum Gasteiger partial charge on any atom is -0.313 e. The van der Waals surface area contributed by atoms with Crippen molar-refractivity contribution in [1.29, 1.82) is 5.26 Å². The quantitative estimate of drug-likeness (QED) is 0.575. The van der Waals surface area contributed by atoms with E-state index in [9.17, 15) is 0 Å². The van der Waals surface area contributed by atoms with Gasteiger partial charge in [-0.05, 0) is 19.4 Å². The molecule has 0 saturated carbocycles. The summed E-state index contributed by atoms with van der Waals surface area (Å²) in [5, 5.41) is 12.0. The number of nitrogens with zero attached hydrogens (tertiary/aromatic N) is 1. The van der Waals surface area contributed by atoms with Gasteiger partial charge in [0.25, 0.3) is 0 Å². The maximum atomic E-state index is 8.55. The first-order valence-electron chi connectivity index (χ1n) is 5.95. The van der Waals surface area contributed by atoms with E-state index in [0.29, 0.717) is 12.5 Å². The van der Waals surface area contributed by atoms with Gasteiger partial charge < -0.3 is 5.32 Å². The fraction of sp³-hybridized carbons (Fsp3) is 0.917. The molecule has 1 N–H and O–H groups in total. The summed E-state index contributed by atoms with van der Waals surface area (Å²) < 4.78 is 0. The smallest absolute Gasteiger partial charge is 0.0638 e. The Hall–Kier alpha value is -0.550. The topological polar surface area (TPSA) is 35.8 Å². The van der Waals surface area contributed by atoms with Gasteiger partial charge in [0, 0.05) is 6.04 Å². The highest BCUT2D eigenvalue weighted by atomic mass is 14.9. The molecule has 0 aromatic heterocycles. The summed E-state index contributed by atoms with van der Waals surface area (Å²) >= 11 is 0. The molecule has 0 heterocycles. The summed E-state index contributed by atoms with van der Waals surface area (Å²) in [6, 6.07) is 2.63. The lowest BCUT2D eigenvalue weighted by Gasteiger charge is -2.12. The standard InChI is InChI=1S/C12H24N2/c1-3-5-6-7-8-11-14-12(4-2)9-10-13/h12,14H,3-9,11H2,1-2H3. The Kier molecular flexibility index (Phi) is 10.1. The first-order chi connectivity index (χ1) is 6.85. The van der Waals surface area contributed by atoms with E-state index in [4.69, 9.17) is 5.26 Å². The zero-order valence-electron chi connectivity index (χ0n) is 9.68. The van der Waals surface area contributed by atoms with E-state index >= 15 is 0 Å². The van der Waals surface area contributed by atoms with Crippen molar-refractivity contribution in [3.05, 3.63) is 0 Å². The highest BCUT2D eigenvalue weighted by Crippen LogP contribution is 2.02. The van der Waals surface area contributed by atoms with Gasteiger partial charge in [0.05, 0.1) is 12.5 Å². The predicted octanol–water partition coefficient (Wildman–Crippen LogP) is 3.24. The molecule has 0 bridgehead atoms. The highest BCUT2D eigenvalue weighted by Gasteiger charge is 2.02. The van der Waals surface area contributed by atoms with Crippen LogP contribution in [0.15, 0.2) is 0 Å². The highest BCUT2D eigenvalue weighted by molar-refractivity contribution is 4.79. The Labute approximate surface area is 88.7 Å². The van der Waals surface area contributed by atoms with Gasteiger partial charge in [0.1, 0.15) is 0 Å². The molecule has 0 aliphatic carbocycles. The molecule has 2 nitrogen and oxygen atoms in total. The average Bonchev–Trinajstić information content (AvgIpc) is 2.21. The Balaban J connectivity index is 3.21. The predicted molar refractivity (Wildman–Crippen MR) is 61.1 cm³/mol. The van der Waals surface area contributed by atoms with Crippen molar-refractivity contribution in [3.63, 3.8) is 0 Å². The van der Waals surface area contributed by atoms with Crippen molar-refractivity contribution in [1.82, 2.24) is 5.32 Å². The van der Waals surface area contributed by atoms with Gasteiger partial charge in [-0.1, -0.05) is 39.5 Å². The van der Waals surface area contributed by atoms with Crippen LogP contribution in [0.1, 0.15) is 58.8 Å². The Morgan fingerprint density at radius 1 is 1.14 bits per heavy atom. The van der Waals surface area contributed by atoms with Gasteiger partial charge in [-0.15, -0.1) is 0 Å². The van der Waals surface area contributed by atoms with E-state index in [2.05, 4.69) is 25.2 Å². The second-order valence-corrected chi connectivity index (χ2v) is 3.84. The Morgan fingerprint density at radius 2 is 1.86 bits per heavy atom. The summed E-state index contributed by atoms with van der Waals surface area (Å²) in [6.45, 7) is 5.44. The molecule has 0 radical (unpaired) electrons. The Morgan fingerprint density at radius 3 is 2.43 bits per heavy atom. The van der Waals surface area contributed by atoms with Crippen LogP contribution in [0.3, 0.4) is 0 Å². The molecule has 0 aromatic carbocycles. The first kappa shape index (κ1) is 13.4. The SMILES string of the molecule is CCCCCCCNC(CC)CC#N. The summed E-state index contributed by atoms with van der Waals surface area (Å²) in [4.78, 5) is 0. The molecule has 0 amide bonds. The normalized spacial score (nSPS) is 12.4. The molecule has 0 spiro atoms. The fourth-order valence-electron chi connectivity index (χ4n) is 1.51. The van der Waals surface area contributed by atoms with E-state index in [-0.39, 0.29) is 0 Å². The number of unbranched alkanes of at least 4 members (excludes halogenated alkanes) is 4. The molecule has 0 aromatic rings. The van der Waals surface area contributed by atoms with Crippen molar-refractivity contribution in [2.75, 3.05) is 6.54 Å². The lowest BCUT2D eigenvalue weighted by atomic mass is 10.1. The average molecular weight is 196 g/mol. The fourth-order valence-corrected chi connectivity index (χ4v) is 1.51. The molecule has 0 rings (SSSR count). The van der Waals surface area contributed by atoms with E-state index in [1.54, 1.807) is 0 Å². The van der Waals surface area contributed by atoms with E-state index in [1.807, 2.05) is 0 Å². The van der Waals surface area contributed by atoms with Gasteiger partial charge in [-0.2, -0.15) is 5.26 Å². The lowest BCUT2D eigenvalue weighted by Crippen LogP contribution is -2.28. The van der Waals surface area contributed by atoms with Gasteiger partial charge in [-0.3, -0.25) is 0 Å². The van der Waals surface area contributed by atoms with Crippen LogP contribution in [0.5, 0.6) is 0 Å². The van der Waals surface area contributed by atoms with Gasteiger partial charge in [0.2, 0.25) is 0 Å². The zero-order chi connectivity index (χ0) is 10.6. The van der Waals surface area contributed by atoms with Crippen LogP contribution >= 0.6 is 0 Å². The molecular formula is C12H24N2.